The van der Waals surface area contributed by atoms with E-state index in [-0.39, 0.29) is 18.0 Å². The fourth-order valence-electron chi connectivity index (χ4n) is 2.69. The molecule has 1 amide bonds. The van der Waals surface area contributed by atoms with Gasteiger partial charge in [0.05, 0.1) is 12.3 Å². The first-order chi connectivity index (χ1) is 11.6. The lowest BCUT2D eigenvalue weighted by molar-refractivity contribution is -0.139. The Morgan fingerprint density at radius 3 is 2.75 bits per heavy atom. The topological polar surface area (TPSA) is 80.0 Å². The molecule has 0 saturated heterocycles. The summed E-state index contributed by atoms with van der Waals surface area (Å²) in [5, 5.41) is 8.69. The van der Waals surface area contributed by atoms with Gasteiger partial charge in [-0.05, 0) is 50.1 Å². The maximum Gasteiger partial charge on any atom is 0.341 e. The normalized spacial score (nSPS) is 14.9. The van der Waals surface area contributed by atoms with E-state index in [1.807, 2.05) is 24.0 Å². The van der Waals surface area contributed by atoms with Crippen LogP contribution in [0.3, 0.4) is 0 Å². The first-order valence-corrected chi connectivity index (χ1v) is 7.87. The Morgan fingerprint density at radius 1 is 1.33 bits per heavy atom. The smallest absolute Gasteiger partial charge is 0.341 e. The summed E-state index contributed by atoms with van der Waals surface area (Å²) in [5.74, 6) is -0.0573. The number of nitrogens with zero attached hydrogens (tertiary/aromatic N) is 1. The van der Waals surface area contributed by atoms with Gasteiger partial charge in [-0.1, -0.05) is 6.07 Å². The summed E-state index contributed by atoms with van der Waals surface area (Å²) in [6.45, 7) is 1.51. The van der Waals surface area contributed by atoms with Gasteiger partial charge in [0.25, 0.3) is 5.91 Å². The molecular formula is C18H19NO5. The molecule has 0 bridgehead atoms. The minimum atomic E-state index is -1.06. The minimum absolute atomic E-state index is 0.109. The summed E-state index contributed by atoms with van der Waals surface area (Å²) >= 11 is 0. The fourth-order valence-corrected chi connectivity index (χ4v) is 2.69. The largest absolute Gasteiger partial charge is 0.482 e. The third-order valence-corrected chi connectivity index (χ3v) is 3.99. The molecule has 1 saturated carbocycles. The van der Waals surface area contributed by atoms with E-state index in [1.165, 1.54) is 0 Å². The Bertz CT molecular complexity index is 721. The van der Waals surface area contributed by atoms with Crippen LogP contribution in [-0.2, 0) is 4.79 Å². The molecule has 1 aromatic heterocycles. The molecular weight excluding hydrogens is 310 g/mol. The van der Waals surface area contributed by atoms with Crippen molar-refractivity contribution in [1.82, 2.24) is 4.90 Å². The number of ether oxygens (including phenoxy) is 1. The van der Waals surface area contributed by atoms with Crippen molar-refractivity contribution in [3.63, 3.8) is 0 Å². The highest BCUT2D eigenvalue weighted by Crippen LogP contribution is 2.36. The van der Waals surface area contributed by atoms with Crippen LogP contribution < -0.4 is 4.74 Å². The van der Waals surface area contributed by atoms with E-state index in [2.05, 4.69) is 0 Å². The Labute approximate surface area is 139 Å². The van der Waals surface area contributed by atoms with Crippen LogP contribution in [0.1, 0.15) is 41.9 Å². The van der Waals surface area contributed by atoms with Crippen LogP contribution in [0.25, 0.3) is 0 Å². The third-order valence-electron chi connectivity index (χ3n) is 3.99. The number of aliphatic carboxylic acids is 1. The van der Waals surface area contributed by atoms with Crippen molar-refractivity contribution in [3.8, 4) is 5.75 Å². The lowest BCUT2D eigenvalue weighted by Crippen LogP contribution is -2.35. The average molecular weight is 329 g/mol. The maximum absolute atomic E-state index is 13.0. The van der Waals surface area contributed by atoms with E-state index < -0.39 is 12.6 Å². The second kappa shape index (κ2) is 6.78. The van der Waals surface area contributed by atoms with Crippen molar-refractivity contribution < 1.29 is 23.8 Å². The number of carboxylic acid groups (broad SMARTS) is 1. The van der Waals surface area contributed by atoms with Crippen molar-refractivity contribution in [2.24, 2.45) is 0 Å². The van der Waals surface area contributed by atoms with Crippen LogP contribution in [0.4, 0.5) is 0 Å². The molecule has 6 nitrogen and oxygen atoms in total. The molecule has 3 rings (SSSR count). The predicted molar refractivity (Wildman–Crippen MR) is 85.9 cm³/mol. The second-order valence-corrected chi connectivity index (χ2v) is 5.85. The van der Waals surface area contributed by atoms with Gasteiger partial charge in [-0.25, -0.2) is 4.79 Å². The maximum atomic E-state index is 13.0. The van der Waals surface area contributed by atoms with Gasteiger partial charge in [-0.3, -0.25) is 4.79 Å². The van der Waals surface area contributed by atoms with Gasteiger partial charge in [0.15, 0.2) is 6.61 Å². The lowest BCUT2D eigenvalue weighted by Gasteiger charge is -2.28. The lowest BCUT2D eigenvalue weighted by atomic mass is 10.1. The van der Waals surface area contributed by atoms with Gasteiger partial charge in [0, 0.05) is 11.6 Å². The Morgan fingerprint density at radius 2 is 2.12 bits per heavy atom. The van der Waals surface area contributed by atoms with Crippen LogP contribution in [0.15, 0.2) is 47.1 Å². The molecule has 1 fully saturated rings. The van der Waals surface area contributed by atoms with Gasteiger partial charge in [-0.2, -0.15) is 0 Å². The fraction of sp³-hybridized carbons (Fsp3) is 0.333. The highest BCUT2D eigenvalue weighted by molar-refractivity contribution is 5.95. The average Bonchev–Trinajstić information content (AvgIpc) is 3.25. The van der Waals surface area contributed by atoms with Gasteiger partial charge in [0.2, 0.25) is 0 Å². The van der Waals surface area contributed by atoms with Crippen molar-refractivity contribution in [1.29, 1.82) is 0 Å². The van der Waals surface area contributed by atoms with E-state index in [0.29, 0.717) is 11.3 Å². The van der Waals surface area contributed by atoms with Gasteiger partial charge in [-0.15, -0.1) is 0 Å². The molecule has 6 heteroatoms. The summed E-state index contributed by atoms with van der Waals surface area (Å²) in [4.78, 5) is 25.4. The van der Waals surface area contributed by atoms with E-state index in [1.54, 1.807) is 30.5 Å². The quantitative estimate of drug-likeness (QED) is 0.844. The molecule has 2 aromatic rings. The summed E-state index contributed by atoms with van der Waals surface area (Å²) in [5.41, 5.74) is 0.475. The van der Waals surface area contributed by atoms with Crippen molar-refractivity contribution in [3.05, 3.63) is 54.0 Å². The summed E-state index contributed by atoms with van der Waals surface area (Å²) < 4.78 is 10.6. The van der Waals surface area contributed by atoms with Crippen molar-refractivity contribution in [2.75, 3.05) is 6.61 Å². The zero-order valence-electron chi connectivity index (χ0n) is 13.3. The highest BCUT2D eigenvalue weighted by Gasteiger charge is 2.37. The summed E-state index contributed by atoms with van der Waals surface area (Å²) in [6, 6.07) is 10.3. The molecule has 1 aromatic carbocycles. The Balaban J connectivity index is 1.80. The predicted octanol–water partition coefficient (Wildman–Crippen LogP) is 3.11. The number of hydrogen-bond donors (Lipinski definition) is 1. The number of carbonyl (C=O) groups excluding carboxylic acids is 1. The van der Waals surface area contributed by atoms with E-state index >= 15 is 0 Å². The number of benzene rings is 1. The molecule has 126 valence electrons. The minimum Gasteiger partial charge on any atom is -0.482 e. The first kappa shape index (κ1) is 16.1. The van der Waals surface area contributed by atoms with Crippen LogP contribution in [0.5, 0.6) is 5.75 Å². The molecule has 1 heterocycles. The Hall–Kier alpha value is -2.76. The molecule has 1 atom stereocenters. The summed E-state index contributed by atoms with van der Waals surface area (Å²) in [6.07, 6.45) is 3.56. The molecule has 24 heavy (non-hydrogen) atoms. The SMILES string of the molecule is CC(c1ccco1)N(C(=O)c1cccc(OCC(=O)O)c1)C1CC1. The van der Waals surface area contributed by atoms with E-state index in [0.717, 1.165) is 18.6 Å². The zero-order chi connectivity index (χ0) is 17.1. The Kier molecular flexibility index (Phi) is 4.55. The third kappa shape index (κ3) is 3.59. The number of furan rings is 1. The van der Waals surface area contributed by atoms with Crippen LogP contribution in [-0.4, -0.2) is 34.5 Å². The molecule has 1 aliphatic rings. The van der Waals surface area contributed by atoms with Crippen LogP contribution >= 0.6 is 0 Å². The standard InChI is InChI=1S/C18H19NO5/c1-12(16-6-3-9-23-16)19(14-7-8-14)18(22)13-4-2-5-15(10-13)24-11-17(20)21/h2-6,9-10,12,14H,7-8,11H2,1H3,(H,20,21). The number of carbonyl (C=O) groups is 2. The molecule has 1 unspecified atom stereocenters. The number of carboxylic acids is 1. The number of amides is 1. The molecule has 0 spiro atoms. The summed E-state index contributed by atoms with van der Waals surface area (Å²) in [7, 11) is 0. The number of rotatable bonds is 7. The molecule has 0 radical (unpaired) electrons. The van der Waals surface area contributed by atoms with Crippen LogP contribution in [0.2, 0.25) is 0 Å². The molecule has 1 aliphatic carbocycles. The molecule has 0 aliphatic heterocycles. The monoisotopic (exact) mass is 329 g/mol. The molecule has 1 N–H and O–H groups in total. The van der Waals surface area contributed by atoms with Gasteiger partial charge in [0.1, 0.15) is 11.5 Å². The van der Waals surface area contributed by atoms with Crippen molar-refractivity contribution in [2.45, 2.75) is 31.8 Å². The zero-order valence-corrected chi connectivity index (χ0v) is 13.3. The van der Waals surface area contributed by atoms with Gasteiger partial charge >= 0.3 is 5.97 Å². The highest BCUT2D eigenvalue weighted by atomic mass is 16.5. The van der Waals surface area contributed by atoms with E-state index in [4.69, 9.17) is 14.3 Å². The first-order valence-electron chi connectivity index (χ1n) is 7.87. The number of hydrogen-bond acceptors (Lipinski definition) is 4. The van der Waals surface area contributed by atoms with Crippen molar-refractivity contribution >= 4 is 11.9 Å². The second-order valence-electron chi connectivity index (χ2n) is 5.85. The van der Waals surface area contributed by atoms with Crippen LogP contribution in [0, 0.1) is 0 Å². The van der Waals surface area contributed by atoms with E-state index in [9.17, 15) is 9.59 Å². The van der Waals surface area contributed by atoms with Gasteiger partial charge < -0.3 is 19.2 Å².